The van der Waals surface area contributed by atoms with E-state index in [1.807, 2.05) is 0 Å². The normalized spacial score (nSPS) is 19.6. The summed E-state index contributed by atoms with van der Waals surface area (Å²) in [6.07, 6.45) is 2.17. The predicted octanol–water partition coefficient (Wildman–Crippen LogP) is 3.08. The zero-order chi connectivity index (χ0) is 20.6. The van der Waals surface area contributed by atoms with Crippen molar-refractivity contribution in [2.45, 2.75) is 84.3 Å². The van der Waals surface area contributed by atoms with Gasteiger partial charge in [0.15, 0.2) is 0 Å². The quantitative estimate of drug-likeness (QED) is 0.322. The minimum atomic E-state index is -2.49. The number of carbonyl (C=O) groups is 2. The van der Waals surface area contributed by atoms with E-state index in [-0.39, 0.29) is 18.9 Å². The average molecular weight is 406 g/mol. The average Bonchev–Trinajstić information content (AvgIpc) is 2.54. The van der Waals surface area contributed by atoms with Gasteiger partial charge < -0.3 is 19.9 Å². The molecule has 0 aliphatic heterocycles. The number of aliphatic hydroxyl groups excluding tert-OH is 1. The van der Waals surface area contributed by atoms with Crippen LogP contribution in [-0.4, -0.2) is 46.7 Å². The molecule has 0 heterocycles. The van der Waals surface area contributed by atoms with Gasteiger partial charge >= 0.3 is 20.1 Å². The lowest BCUT2D eigenvalue weighted by Crippen LogP contribution is -2.37. The molecule has 1 fully saturated rings. The second-order valence-corrected chi connectivity index (χ2v) is 9.30. The van der Waals surface area contributed by atoms with Gasteiger partial charge in [0.25, 0.3) is 0 Å². The molecule has 1 rings (SSSR count). The highest BCUT2D eigenvalue weighted by Crippen LogP contribution is 2.40. The van der Waals surface area contributed by atoms with Gasteiger partial charge in [0.2, 0.25) is 11.9 Å². The molecule has 0 aromatic carbocycles. The lowest BCUT2D eigenvalue weighted by Gasteiger charge is -2.25. The molecule has 1 aliphatic rings. The lowest BCUT2D eigenvalue weighted by atomic mass is 9.84. The Morgan fingerprint density at radius 3 is 2.30 bits per heavy atom. The summed E-state index contributed by atoms with van der Waals surface area (Å²) in [7, 11) is -2.49. The van der Waals surface area contributed by atoms with E-state index in [1.165, 1.54) is 6.92 Å². The standard InChI is InChI=1S/C18H32NO7P/c1-12(25-16(21)18(2,3)4)26-17(22)19-11-10-14(20)15(27(23)24)13-8-6-5-7-9-13/h12-15,20H,5-11H2,1-4H3,(H-,19,22,23,24)/p+1/t12-,14-,15-/m1/s1. The molecule has 4 atom stereocenters. The van der Waals surface area contributed by atoms with Crippen LogP contribution in [0.15, 0.2) is 0 Å². The lowest BCUT2D eigenvalue weighted by molar-refractivity contribution is -0.174. The molecule has 156 valence electrons. The fourth-order valence-electron chi connectivity index (χ4n) is 3.15. The Balaban J connectivity index is 2.38. The number of nitrogens with one attached hydrogen (secondary N) is 1. The van der Waals surface area contributed by atoms with Gasteiger partial charge in [-0.25, -0.2) is 4.79 Å². The van der Waals surface area contributed by atoms with Crippen molar-refractivity contribution in [2.24, 2.45) is 11.3 Å². The van der Waals surface area contributed by atoms with Crippen LogP contribution in [0.4, 0.5) is 4.79 Å². The first-order valence-corrected chi connectivity index (χ1v) is 10.8. The van der Waals surface area contributed by atoms with Gasteiger partial charge in [-0.3, -0.25) is 4.79 Å². The minimum absolute atomic E-state index is 0.0335. The maximum atomic E-state index is 11.8. The topological polar surface area (TPSA) is 122 Å². The summed E-state index contributed by atoms with van der Waals surface area (Å²) in [5.74, 6) is -0.452. The van der Waals surface area contributed by atoms with Crippen LogP contribution in [0.1, 0.15) is 66.2 Å². The highest BCUT2D eigenvalue weighted by Gasteiger charge is 2.43. The zero-order valence-corrected chi connectivity index (χ0v) is 17.5. The first-order valence-electron chi connectivity index (χ1n) is 9.51. The van der Waals surface area contributed by atoms with E-state index in [0.717, 1.165) is 32.1 Å². The summed E-state index contributed by atoms with van der Waals surface area (Å²) >= 11 is 0. The van der Waals surface area contributed by atoms with Gasteiger partial charge in [0.1, 0.15) is 6.10 Å². The third-order valence-electron chi connectivity index (χ3n) is 4.65. The Morgan fingerprint density at radius 1 is 1.19 bits per heavy atom. The molecule has 0 spiro atoms. The second-order valence-electron chi connectivity index (χ2n) is 8.10. The Morgan fingerprint density at radius 2 is 1.78 bits per heavy atom. The van der Waals surface area contributed by atoms with Gasteiger partial charge in [-0.1, -0.05) is 19.3 Å². The molecular weight excluding hydrogens is 373 g/mol. The molecule has 1 aliphatic carbocycles. The summed E-state index contributed by atoms with van der Waals surface area (Å²) in [6, 6.07) is 0. The maximum Gasteiger partial charge on any atom is 0.511 e. The van der Waals surface area contributed by atoms with E-state index in [2.05, 4.69) is 5.32 Å². The smallest absolute Gasteiger partial charge is 0.425 e. The first kappa shape index (κ1) is 23.8. The van der Waals surface area contributed by atoms with Crippen LogP contribution in [0.3, 0.4) is 0 Å². The molecule has 1 saturated carbocycles. The van der Waals surface area contributed by atoms with Gasteiger partial charge in [-0.2, -0.15) is 4.89 Å². The molecule has 3 N–H and O–H groups in total. The molecule has 1 amide bonds. The fourth-order valence-corrected chi connectivity index (χ4v) is 4.26. The summed E-state index contributed by atoms with van der Waals surface area (Å²) < 4.78 is 21.7. The number of aliphatic hydroxyl groups is 1. The number of esters is 1. The molecule has 8 nitrogen and oxygen atoms in total. The van der Waals surface area contributed by atoms with Crippen molar-refractivity contribution in [3.63, 3.8) is 0 Å². The van der Waals surface area contributed by atoms with E-state index >= 15 is 0 Å². The monoisotopic (exact) mass is 406 g/mol. The molecule has 1 unspecified atom stereocenters. The molecule has 0 saturated heterocycles. The predicted molar refractivity (Wildman–Crippen MR) is 100 cm³/mol. The van der Waals surface area contributed by atoms with Crippen molar-refractivity contribution in [3.05, 3.63) is 0 Å². The minimum Gasteiger partial charge on any atom is -0.425 e. The number of hydrogen-bond acceptors (Lipinski definition) is 6. The van der Waals surface area contributed by atoms with Crippen molar-refractivity contribution in [1.29, 1.82) is 0 Å². The highest BCUT2D eigenvalue weighted by molar-refractivity contribution is 7.39. The molecule has 0 aromatic rings. The van der Waals surface area contributed by atoms with Crippen molar-refractivity contribution >= 4 is 20.1 Å². The van der Waals surface area contributed by atoms with Gasteiger partial charge in [-0.05, 0) is 44.6 Å². The molecule has 0 bridgehead atoms. The molecule has 0 aromatic heterocycles. The Hall–Kier alpha value is -1.24. The first-order chi connectivity index (χ1) is 12.5. The van der Waals surface area contributed by atoms with Crippen LogP contribution in [-0.2, 0) is 18.8 Å². The summed E-state index contributed by atoms with van der Waals surface area (Å²) in [5, 5.41) is 12.8. The van der Waals surface area contributed by atoms with Crippen LogP contribution < -0.4 is 5.32 Å². The summed E-state index contributed by atoms with van der Waals surface area (Å²) in [4.78, 5) is 33.1. The van der Waals surface area contributed by atoms with Crippen LogP contribution in [0, 0.1) is 11.3 Å². The number of amides is 1. The maximum absolute atomic E-state index is 11.8. The van der Waals surface area contributed by atoms with Gasteiger partial charge in [0.05, 0.1) is 5.41 Å². The second kappa shape index (κ2) is 10.9. The van der Waals surface area contributed by atoms with Crippen molar-refractivity contribution < 1.29 is 33.6 Å². The molecule has 0 radical (unpaired) electrons. The molecular formula is C18H33NO7P+. The number of rotatable bonds is 8. The summed E-state index contributed by atoms with van der Waals surface area (Å²) in [5.41, 5.74) is -1.38. The van der Waals surface area contributed by atoms with Crippen molar-refractivity contribution in [3.8, 4) is 0 Å². The number of alkyl carbamates (subject to hydrolysis) is 1. The van der Waals surface area contributed by atoms with Crippen LogP contribution in [0.5, 0.6) is 0 Å². The van der Waals surface area contributed by atoms with Crippen LogP contribution in [0.25, 0.3) is 0 Å². The largest absolute Gasteiger partial charge is 0.511 e. The number of ether oxygens (including phenoxy) is 2. The van der Waals surface area contributed by atoms with Crippen molar-refractivity contribution in [1.82, 2.24) is 5.32 Å². The Bertz CT molecular complexity index is 514. The third-order valence-corrected chi connectivity index (χ3v) is 5.93. The van der Waals surface area contributed by atoms with Crippen LogP contribution in [0.2, 0.25) is 0 Å². The SMILES string of the molecule is C[C@@H](OC(=O)NCC[C@@H](O)[C@@H](C1CCCCC1)[P+](=O)O)OC(=O)C(C)(C)C. The number of carbonyl (C=O) groups excluding carboxylic acids is 2. The van der Waals surface area contributed by atoms with Gasteiger partial charge in [0, 0.05) is 19.4 Å². The van der Waals surface area contributed by atoms with E-state index < -0.39 is 43.6 Å². The van der Waals surface area contributed by atoms with Gasteiger partial charge in [-0.15, -0.1) is 0 Å². The van der Waals surface area contributed by atoms with E-state index in [1.54, 1.807) is 20.8 Å². The fraction of sp³-hybridized carbons (Fsp3) is 0.889. The summed E-state index contributed by atoms with van der Waals surface area (Å²) in [6.45, 7) is 6.61. The Kier molecular flexibility index (Phi) is 9.63. The molecule has 9 heteroatoms. The van der Waals surface area contributed by atoms with Crippen LogP contribution >= 0.6 is 8.03 Å². The highest BCUT2D eigenvalue weighted by atomic mass is 31.1. The van der Waals surface area contributed by atoms with E-state index in [0.29, 0.717) is 0 Å². The Labute approximate surface area is 161 Å². The third kappa shape index (κ3) is 8.54. The number of hydrogen-bond donors (Lipinski definition) is 3. The molecule has 27 heavy (non-hydrogen) atoms. The van der Waals surface area contributed by atoms with E-state index in [4.69, 9.17) is 9.47 Å². The zero-order valence-electron chi connectivity index (χ0n) is 16.6. The van der Waals surface area contributed by atoms with E-state index in [9.17, 15) is 24.2 Å². The van der Waals surface area contributed by atoms with Crippen molar-refractivity contribution in [2.75, 3.05) is 6.54 Å².